The maximum atomic E-state index is 14.7. The van der Waals surface area contributed by atoms with Gasteiger partial charge in [0.15, 0.2) is 0 Å². The molecule has 45 heavy (non-hydrogen) atoms. The molecule has 1 aliphatic carbocycles. The van der Waals surface area contributed by atoms with Crippen molar-refractivity contribution >= 4 is 33.2 Å². The summed E-state index contributed by atoms with van der Waals surface area (Å²) in [6, 6.07) is 15.5. The molecule has 1 saturated carbocycles. The molecule has 1 aliphatic rings. The minimum absolute atomic E-state index is 0.296. The number of halogens is 1. The zero-order valence-electron chi connectivity index (χ0n) is 25.6. The summed E-state index contributed by atoms with van der Waals surface area (Å²) in [5, 5.41) is 16.6. The molecule has 6 aromatic rings. The number of anilines is 2. The molecular formula is C36H37FN8. The molecule has 4 N–H and O–H groups in total. The fraction of sp³-hybridized carbons (Fsp3) is 0.250. The van der Waals surface area contributed by atoms with Gasteiger partial charge in [0.1, 0.15) is 11.5 Å². The number of likely N-dealkylation sites (N-methyl/N-ethyl adjacent to an activating group) is 1. The molecule has 0 bridgehead atoms. The molecule has 8 nitrogen and oxygen atoms in total. The average Bonchev–Trinajstić information content (AvgIpc) is 3.80. The van der Waals surface area contributed by atoms with E-state index in [9.17, 15) is 4.39 Å². The van der Waals surface area contributed by atoms with Crippen LogP contribution in [0.1, 0.15) is 25.7 Å². The highest BCUT2D eigenvalue weighted by molar-refractivity contribution is 6.01. The number of rotatable bonds is 10. The fourth-order valence-electron chi connectivity index (χ4n) is 6.31. The number of hydrogen-bond acceptors (Lipinski definition) is 6. The van der Waals surface area contributed by atoms with Crippen LogP contribution >= 0.6 is 0 Å². The number of aromatic amines is 2. The smallest absolute Gasteiger partial charge is 0.125 e. The number of allylic oxidation sites excluding steroid dienone is 1. The van der Waals surface area contributed by atoms with Crippen LogP contribution in [0.2, 0.25) is 0 Å². The molecule has 9 heteroatoms. The Bertz CT molecular complexity index is 2000. The lowest BCUT2D eigenvalue weighted by molar-refractivity contribution is 0.425. The number of nitrogens with zero attached hydrogens (tertiary/aromatic N) is 4. The Balaban J connectivity index is 1.20. The zero-order chi connectivity index (χ0) is 30.9. The van der Waals surface area contributed by atoms with Crippen molar-refractivity contribution in [1.29, 1.82) is 0 Å². The lowest BCUT2D eigenvalue weighted by Crippen LogP contribution is -2.20. The number of H-pyrrole nitrogens is 2. The van der Waals surface area contributed by atoms with Gasteiger partial charge in [-0.2, -0.15) is 5.10 Å². The van der Waals surface area contributed by atoms with Crippen molar-refractivity contribution in [3.8, 4) is 33.6 Å². The molecule has 0 atom stereocenters. The standard InChI is InChI=1S/C36H37FN8/c1-22(23-6-4-5-7-23)41-29-14-26(18-38-19-29)24-8-9-33-31(15-24)36(44-43-33)34-17-30-32(20-39-21-35(30)42-34)25-12-27(37)16-28(13-25)40-10-11-45(2)3/h8-9,12-21,23,40-42H,1,4-7,10-11H2,2-3H3,(H,43,44). The van der Waals surface area contributed by atoms with Crippen LogP contribution in [-0.2, 0) is 0 Å². The van der Waals surface area contributed by atoms with Crippen LogP contribution in [0.4, 0.5) is 15.8 Å². The quantitative estimate of drug-likeness (QED) is 0.127. The molecule has 0 amide bonds. The molecule has 1 fully saturated rings. The minimum atomic E-state index is -0.296. The molecule has 2 aromatic carbocycles. The van der Waals surface area contributed by atoms with E-state index < -0.39 is 0 Å². The van der Waals surface area contributed by atoms with E-state index >= 15 is 0 Å². The predicted molar refractivity (Wildman–Crippen MR) is 182 cm³/mol. The van der Waals surface area contributed by atoms with E-state index in [2.05, 4.69) is 71.5 Å². The summed E-state index contributed by atoms with van der Waals surface area (Å²) in [4.78, 5) is 14.6. The molecule has 4 aromatic heterocycles. The van der Waals surface area contributed by atoms with Crippen LogP contribution in [-0.4, -0.2) is 57.2 Å². The van der Waals surface area contributed by atoms with E-state index in [1.54, 1.807) is 18.5 Å². The van der Waals surface area contributed by atoms with Crippen molar-refractivity contribution in [2.45, 2.75) is 25.7 Å². The summed E-state index contributed by atoms with van der Waals surface area (Å²) in [5.74, 6) is 0.230. The first-order chi connectivity index (χ1) is 21.9. The van der Waals surface area contributed by atoms with E-state index in [1.165, 1.54) is 31.7 Å². The number of pyridine rings is 2. The maximum Gasteiger partial charge on any atom is 0.125 e. The van der Waals surface area contributed by atoms with Crippen molar-refractivity contribution in [3.63, 3.8) is 0 Å². The Hall–Kier alpha value is -5.02. The third-order valence-corrected chi connectivity index (χ3v) is 8.68. The molecule has 0 spiro atoms. The van der Waals surface area contributed by atoms with E-state index in [-0.39, 0.29) is 5.82 Å². The van der Waals surface area contributed by atoms with Gasteiger partial charge in [0.05, 0.1) is 34.8 Å². The SMILES string of the molecule is C=C(Nc1cncc(-c2ccc3[nH]nc(-c4cc5c(-c6cc(F)cc(NCCN(C)C)c6)cncc5[nH]4)c3c2)c1)C1CCCC1. The van der Waals surface area contributed by atoms with Crippen molar-refractivity contribution in [2.75, 3.05) is 37.8 Å². The van der Waals surface area contributed by atoms with Gasteiger partial charge in [0.2, 0.25) is 0 Å². The summed E-state index contributed by atoms with van der Waals surface area (Å²) in [6.45, 7) is 5.86. The lowest BCUT2D eigenvalue weighted by Gasteiger charge is -2.16. The topological polar surface area (TPSA) is 97.5 Å². The second-order valence-electron chi connectivity index (χ2n) is 12.2. The number of aromatic nitrogens is 5. The van der Waals surface area contributed by atoms with Crippen molar-refractivity contribution in [1.82, 2.24) is 30.0 Å². The fourth-order valence-corrected chi connectivity index (χ4v) is 6.31. The first-order valence-corrected chi connectivity index (χ1v) is 15.5. The van der Waals surface area contributed by atoms with Gasteiger partial charge in [-0.1, -0.05) is 25.5 Å². The van der Waals surface area contributed by atoms with Crippen molar-refractivity contribution < 1.29 is 4.39 Å². The summed E-state index contributed by atoms with van der Waals surface area (Å²) in [6.07, 6.45) is 12.2. The highest BCUT2D eigenvalue weighted by Gasteiger charge is 2.19. The average molecular weight is 601 g/mol. The largest absolute Gasteiger partial charge is 0.384 e. The van der Waals surface area contributed by atoms with E-state index in [0.29, 0.717) is 12.5 Å². The van der Waals surface area contributed by atoms with Gasteiger partial charge in [0, 0.05) is 58.8 Å². The number of benzene rings is 2. The summed E-state index contributed by atoms with van der Waals surface area (Å²) in [7, 11) is 4.03. The molecule has 7 rings (SSSR count). The molecular weight excluding hydrogens is 563 g/mol. The highest BCUT2D eigenvalue weighted by atomic mass is 19.1. The number of fused-ring (bicyclic) bond motifs is 2. The van der Waals surface area contributed by atoms with E-state index in [0.717, 1.165) is 79.1 Å². The Labute approximate surface area is 261 Å². The normalized spacial score (nSPS) is 13.7. The van der Waals surface area contributed by atoms with Crippen LogP contribution in [0, 0.1) is 11.7 Å². The van der Waals surface area contributed by atoms with Crippen LogP contribution in [0.15, 0.2) is 85.6 Å². The van der Waals surface area contributed by atoms with Gasteiger partial charge >= 0.3 is 0 Å². The predicted octanol–water partition coefficient (Wildman–Crippen LogP) is 8.06. The third kappa shape index (κ3) is 6.04. The van der Waals surface area contributed by atoms with Crippen LogP contribution in [0.5, 0.6) is 0 Å². The van der Waals surface area contributed by atoms with Gasteiger partial charge in [-0.05, 0) is 86.4 Å². The van der Waals surface area contributed by atoms with E-state index in [1.807, 2.05) is 38.6 Å². The summed E-state index contributed by atoms with van der Waals surface area (Å²) in [5.41, 5.74) is 9.85. The van der Waals surface area contributed by atoms with Gasteiger partial charge in [-0.15, -0.1) is 0 Å². The zero-order valence-corrected chi connectivity index (χ0v) is 25.6. The maximum absolute atomic E-state index is 14.7. The molecule has 0 aliphatic heterocycles. The van der Waals surface area contributed by atoms with Crippen LogP contribution in [0.25, 0.3) is 55.4 Å². The molecule has 0 unspecified atom stereocenters. The summed E-state index contributed by atoms with van der Waals surface area (Å²) < 4.78 is 14.7. The first kappa shape index (κ1) is 28.7. The number of nitrogens with one attached hydrogen (secondary N) is 4. The number of hydrogen-bond donors (Lipinski definition) is 4. The van der Waals surface area contributed by atoms with Gasteiger partial charge in [-0.25, -0.2) is 4.39 Å². The Morgan fingerprint density at radius 1 is 0.889 bits per heavy atom. The lowest BCUT2D eigenvalue weighted by atomic mass is 10.0. The Morgan fingerprint density at radius 3 is 2.56 bits per heavy atom. The summed E-state index contributed by atoms with van der Waals surface area (Å²) >= 11 is 0. The second-order valence-corrected chi connectivity index (χ2v) is 12.2. The third-order valence-electron chi connectivity index (χ3n) is 8.68. The van der Waals surface area contributed by atoms with E-state index in [4.69, 9.17) is 0 Å². The second kappa shape index (κ2) is 12.2. The Kier molecular flexibility index (Phi) is 7.77. The molecule has 228 valence electrons. The molecule has 4 heterocycles. The van der Waals surface area contributed by atoms with Crippen molar-refractivity contribution in [3.05, 3.63) is 91.4 Å². The van der Waals surface area contributed by atoms with Crippen LogP contribution < -0.4 is 10.6 Å². The first-order valence-electron chi connectivity index (χ1n) is 15.5. The van der Waals surface area contributed by atoms with Gasteiger partial charge in [-0.3, -0.25) is 15.1 Å². The van der Waals surface area contributed by atoms with Crippen molar-refractivity contribution in [2.24, 2.45) is 5.92 Å². The highest BCUT2D eigenvalue weighted by Crippen LogP contribution is 2.36. The van der Waals surface area contributed by atoms with Crippen LogP contribution in [0.3, 0.4) is 0 Å². The monoisotopic (exact) mass is 600 g/mol. The van der Waals surface area contributed by atoms with Gasteiger partial charge in [0.25, 0.3) is 0 Å². The Morgan fingerprint density at radius 2 is 1.71 bits per heavy atom. The van der Waals surface area contributed by atoms with Gasteiger partial charge < -0.3 is 20.5 Å². The minimum Gasteiger partial charge on any atom is -0.384 e. The molecule has 0 saturated heterocycles. The molecule has 0 radical (unpaired) electrons.